The van der Waals surface area contributed by atoms with Crippen LogP contribution in [0.3, 0.4) is 0 Å². The summed E-state index contributed by atoms with van der Waals surface area (Å²) >= 11 is 0. The zero-order chi connectivity index (χ0) is 13.0. The SMILES string of the molecule is CCCCC(C)(O)C(C)(C)C#C[Si](C)(C)C. The van der Waals surface area contributed by atoms with Gasteiger partial charge in [0.2, 0.25) is 0 Å². The molecule has 0 radical (unpaired) electrons. The molecule has 0 saturated carbocycles. The lowest BCUT2D eigenvalue weighted by atomic mass is 9.74. The molecule has 94 valence electrons. The summed E-state index contributed by atoms with van der Waals surface area (Å²) in [7, 11) is -1.35. The zero-order valence-corrected chi connectivity index (χ0v) is 13.1. The predicted molar refractivity (Wildman–Crippen MR) is 75.1 cm³/mol. The molecule has 0 aromatic carbocycles. The van der Waals surface area contributed by atoms with Gasteiger partial charge in [0.15, 0.2) is 0 Å². The monoisotopic (exact) mass is 240 g/mol. The van der Waals surface area contributed by atoms with Crippen LogP contribution >= 0.6 is 0 Å². The molecule has 0 aromatic rings. The van der Waals surface area contributed by atoms with Crippen LogP contribution in [0.5, 0.6) is 0 Å². The summed E-state index contributed by atoms with van der Waals surface area (Å²) in [5.41, 5.74) is 2.37. The minimum Gasteiger partial charge on any atom is -0.389 e. The summed E-state index contributed by atoms with van der Waals surface area (Å²) in [5, 5.41) is 10.5. The van der Waals surface area contributed by atoms with Gasteiger partial charge in [0, 0.05) is 0 Å². The van der Waals surface area contributed by atoms with Crippen LogP contribution in [-0.4, -0.2) is 18.8 Å². The largest absolute Gasteiger partial charge is 0.389 e. The molecule has 2 heteroatoms. The van der Waals surface area contributed by atoms with E-state index in [4.69, 9.17) is 0 Å². The van der Waals surface area contributed by atoms with Crippen LogP contribution in [0, 0.1) is 16.9 Å². The van der Waals surface area contributed by atoms with E-state index in [2.05, 4.69) is 51.9 Å². The van der Waals surface area contributed by atoms with Gasteiger partial charge in [0.1, 0.15) is 8.07 Å². The van der Waals surface area contributed by atoms with Crippen molar-refractivity contribution in [3.63, 3.8) is 0 Å². The molecule has 0 heterocycles. The fourth-order valence-electron chi connectivity index (χ4n) is 1.31. The lowest BCUT2D eigenvalue weighted by Crippen LogP contribution is -2.41. The van der Waals surface area contributed by atoms with E-state index < -0.39 is 13.7 Å². The van der Waals surface area contributed by atoms with E-state index in [0.717, 1.165) is 19.3 Å². The Morgan fingerprint density at radius 1 is 1.12 bits per heavy atom. The Kier molecular flexibility index (Phi) is 5.29. The van der Waals surface area contributed by atoms with Gasteiger partial charge in [-0.2, -0.15) is 0 Å². The van der Waals surface area contributed by atoms with Crippen LogP contribution in [-0.2, 0) is 0 Å². The quantitative estimate of drug-likeness (QED) is 0.585. The van der Waals surface area contributed by atoms with Gasteiger partial charge in [-0.3, -0.25) is 0 Å². The average molecular weight is 240 g/mol. The van der Waals surface area contributed by atoms with Gasteiger partial charge in [-0.05, 0) is 27.2 Å². The maximum Gasteiger partial charge on any atom is 0.129 e. The van der Waals surface area contributed by atoms with Crippen LogP contribution in [0.15, 0.2) is 0 Å². The predicted octanol–water partition coefficient (Wildman–Crippen LogP) is 3.83. The summed E-state index contributed by atoms with van der Waals surface area (Å²) in [6, 6.07) is 0. The molecule has 0 saturated heterocycles. The molecule has 0 aliphatic carbocycles. The Morgan fingerprint density at radius 3 is 2.00 bits per heavy atom. The first-order valence-electron chi connectivity index (χ1n) is 6.28. The van der Waals surface area contributed by atoms with Crippen LogP contribution in [0.4, 0.5) is 0 Å². The summed E-state index contributed by atoms with van der Waals surface area (Å²) < 4.78 is 0. The van der Waals surface area contributed by atoms with E-state index >= 15 is 0 Å². The van der Waals surface area contributed by atoms with Crippen molar-refractivity contribution < 1.29 is 5.11 Å². The summed E-state index contributed by atoms with van der Waals surface area (Å²) in [4.78, 5) is 0. The molecule has 0 fully saturated rings. The molecule has 1 atom stereocenters. The summed E-state index contributed by atoms with van der Waals surface area (Å²) in [6.45, 7) is 14.9. The van der Waals surface area contributed by atoms with Crippen molar-refractivity contribution in [3.05, 3.63) is 0 Å². The maximum absolute atomic E-state index is 10.5. The third-order valence-electron chi connectivity index (χ3n) is 3.11. The highest BCUT2D eigenvalue weighted by Crippen LogP contribution is 2.34. The maximum atomic E-state index is 10.5. The molecule has 0 bridgehead atoms. The standard InChI is InChI=1S/C14H28OSi/c1-8-9-10-14(4,15)13(2,3)11-12-16(5,6)7/h15H,8-10H2,1-7H3. The topological polar surface area (TPSA) is 20.2 Å². The van der Waals surface area contributed by atoms with Crippen molar-refractivity contribution in [1.29, 1.82) is 0 Å². The molecule has 1 unspecified atom stereocenters. The van der Waals surface area contributed by atoms with Gasteiger partial charge >= 0.3 is 0 Å². The highest BCUT2D eigenvalue weighted by Gasteiger charge is 2.37. The molecule has 0 spiro atoms. The first-order valence-corrected chi connectivity index (χ1v) is 9.78. The average Bonchev–Trinajstić information content (AvgIpc) is 2.10. The fourth-order valence-corrected chi connectivity index (χ4v) is 2.00. The Hall–Kier alpha value is -0.263. The fraction of sp³-hybridized carbons (Fsp3) is 0.857. The van der Waals surface area contributed by atoms with Crippen molar-refractivity contribution in [2.45, 2.75) is 72.2 Å². The number of unbranched alkanes of at least 4 members (excludes halogenated alkanes) is 1. The molecule has 1 nitrogen and oxygen atoms in total. The van der Waals surface area contributed by atoms with Crippen molar-refractivity contribution in [2.75, 3.05) is 0 Å². The second-order valence-electron chi connectivity index (χ2n) is 6.50. The van der Waals surface area contributed by atoms with Crippen molar-refractivity contribution in [3.8, 4) is 11.5 Å². The van der Waals surface area contributed by atoms with Crippen molar-refractivity contribution in [1.82, 2.24) is 0 Å². The van der Waals surface area contributed by atoms with Gasteiger partial charge < -0.3 is 5.11 Å². The number of hydrogen-bond donors (Lipinski definition) is 1. The third kappa shape index (κ3) is 5.18. The summed E-state index contributed by atoms with van der Waals surface area (Å²) in [5.74, 6) is 3.31. The molecule has 0 aromatic heterocycles. The van der Waals surface area contributed by atoms with Gasteiger partial charge in [-0.15, -0.1) is 11.5 Å². The number of hydrogen-bond acceptors (Lipinski definition) is 1. The minimum absolute atomic E-state index is 0.317. The zero-order valence-electron chi connectivity index (χ0n) is 12.1. The van der Waals surface area contributed by atoms with E-state index in [1.54, 1.807) is 0 Å². The van der Waals surface area contributed by atoms with Crippen LogP contribution in [0.2, 0.25) is 19.6 Å². The lowest BCUT2D eigenvalue weighted by molar-refractivity contribution is -0.0292. The van der Waals surface area contributed by atoms with E-state index in [1.807, 2.05) is 6.92 Å². The molecule has 16 heavy (non-hydrogen) atoms. The third-order valence-corrected chi connectivity index (χ3v) is 3.99. The van der Waals surface area contributed by atoms with Crippen molar-refractivity contribution >= 4 is 8.07 Å². The van der Waals surface area contributed by atoms with E-state index in [0.29, 0.717) is 0 Å². The second-order valence-corrected chi connectivity index (χ2v) is 11.3. The highest BCUT2D eigenvalue weighted by molar-refractivity contribution is 6.83. The van der Waals surface area contributed by atoms with Gasteiger partial charge in [0.05, 0.1) is 11.0 Å². The first-order chi connectivity index (χ1) is 7.02. The van der Waals surface area contributed by atoms with E-state index in [9.17, 15) is 5.11 Å². The van der Waals surface area contributed by atoms with Crippen molar-refractivity contribution in [2.24, 2.45) is 5.41 Å². The van der Waals surface area contributed by atoms with E-state index in [-0.39, 0.29) is 5.41 Å². The Bertz CT molecular complexity index is 273. The Labute approximate surface area is 103 Å². The molecule has 0 aliphatic rings. The smallest absolute Gasteiger partial charge is 0.129 e. The van der Waals surface area contributed by atoms with E-state index in [1.165, 1.54) is 0 Å². The number of rotatable bonds is 4. The molecular weight excluding hydrogens is 212 g/mol. The Morgan fingerprint density at radius 2 is 1.62 bits per heavy atom. The molecule has 1 N–H and O–H groups in total. The normalized spacial score (nSPS) is 16.2. The molecule has 0 aliphatic heterocycles. The van der Waals surface area contributed by atoms with Gasteiger partial charge in [0.25, 0.3) is 0 Å². The van der Waals surface area contributed by atoms with Crippen LogP contribution in [0.25, 0.3) is 0 Å². The highest BCUT2D eigenvalue weighted by atomic mass is 28.3. The van der Waals surface area contributed by atoms with Gasteiger partial charge in [-0.25, -0.2) is 0 Å². The molecule has 0 amide bonds. The minimum atomic E-state index is -1.35. The van der Waals surface area contributed by atoms with Crippen LogP contribution < -0.4 is 0 Å². The number of aliphatic hydroxyl groups is 1. The molecular formula is C14H28OSi. The first kappa shape index (κ1) is 15.7. The molecule has 0 rings (SSSR count). The lowest BCUT2D eigenvalue weighted by Gasteiger charge is -2.36. The Balaban J connectivity index is 4.81. The summed E-state index contributed by atoms with van der Waals surface area (Å²) in [6.07, 6.45) is 3.01. The van der Waals surface area contributed by atoms with Crippen LogP contribution in [0.1, 0.15) is 47.0 Å². The second kappa shape index (κ2) is 5.38. The van der Waals surface area contributed by atoms with Gasteiger partial charge in [-0.1, -0.05) is 39.4 Å².